The predicted octanol–water partition coefficient (Wildman–Crippen LogP) is 12.4. The number of ether oxygens (including phenoxy) is 14. The summed E-state index contributed by atoms with van der Waals surface area (Å²) in [6.45, 7) is 1.15. The molecule has 0 saturated carbocycles. The summed E-state index contributed by atoms with van der Waals surface area (Å²) in [5, 5.41) is 25.1. The van der Waals surface area contributed by atoms with Gasteiger partial charge in [-0.3, -0.25) is 0 Å². The fourth-order valence-electron chi connectivity index (χ4n) is 12.2. The van der Waals surface area contributed by atoms with Crippen molar-refractivity contribution in [3.05, 3.63) is 323 Å². The first kappa shape index (κ1) is 69.2. The van der Waals surface area contributed by atoms with E-state index in [9.17, 15) is 10.2 Å². The Labute approximate surface area is 568 Å². The number of rotatable bonds is 34. The average Bonchev–Trinajstić information content (AvgIpc) is 0.804. The van der Waals surface area contributed by atoms with Crippen molar-refractivity contribution in [1.82, 2.24) is 0 Å². The van der Waals surface area contributed by atoms with E-state index in [1.807, 2.05) is 273 Å². The summed E-state index contributed by atoms with van der Waals surface area (Å²) < 4.78 is 98.8. The van der Waals surface area contributed by atoms with E-state index in [1.54, 1.807) is 0 Å². The molecule has 0 spiro atoms. The molecule has 15 atom stereocenters. The molecule has 3 heterocycles. The average molecular weight is 1320 g/mol. The molecule has 0 amide bonds. The Hall–Kier alpha value is -7.66. The maximum Gasteiger partial charge on any atom is 0.187 e. The minimum absolute atomic E-state index is 0.0311. The first-order chi connectivity index (χ1) is 47.9. The summed E-state index contributed by atoms with van der Waals surface area (Å²) in [5.74, 6) is 0. The monoisotopic (exact) mass is 1310 g/mol. The van der Waals surface area contributed by atoms with Gasteiger partial charge in [0.1, 0.15) is 73.2 Å². The van der Waals surface area contributed by atoms with Gasteiger partial charge in [-0.2, -0.15) is 0 Å². The molecule has 3 saturated heterocycles. The molecule has 3 aliphatic rings. The lowest BCUT2D eigenvalue weighted by atomic mass is 9.95. The maximum atomic E-state index is 12.8. The van der Waals surface area contributed by atoms with Gasteiger partial charge in [0.05, 0.1) is 79.3 Å². The third-order valence-corrected chi connectivity index (χ3v) is 17.3. The van der Waals surface area contributed by atoms with Crippen LogP contribution in [0.15, 0.2) is 273 Å². The zero-order valence-corrected chi connectivity index (χ0v) is 54.2. The molecule has 3 fully saturated rings. The first-order valence-corrected chi connectivity index (χ1v) is 33.4. The smallest absolute Gasteiger partial charge is 0.187 e. The number of aliphatic hydroxyl groups excluding tert-OH is 2. The van der Waals surface area contributed by atoms with E-state index in [1.165, 1.54) is 0 Å². The van der Waals surface area contributed by atoms with Gasteiger partial charge in [0.25, 0.3) is 0 Å². The van der Waals surface area contributed by atoms with E-state index in [2.05, 4.69) is 0 Å². The molecule has 0 radical (unpaired) electrons. The highest BCUT2D eigenvalue weighted by molar-refractivity contribution is 5.21. The van der Waals surface area contributed by atoms with Gasteiger partial charge in [-0.1, -0.05) is 273 Å². The Morgan fingerprint density at radius 2 is 0.474 bits per heavy atom. The lowest BCUT2D eigenvalue weighted by Crippen LogP contribution is -2.68. The predicted molar refractivity (Wildman–Crippen MR) is 362 cm³/mol. The van der Waals surface area contributed by atoms with Crippen molar-refractivity contribution in [2.24, 2.45) is 0 Å². The number of hydrogen-bond acceptors (Lipinski definition) is 16. The van der Waals surface area contributed by atoms with Gasteiger partial charge in [0.2, 0.25) is 0 Å². The summed E-state index contributed by atoms with van der Waals surface area (Å²) >= 11 is 0. The second-order valence-corrected chi connectivity index (χ2v) is 24.4. The van der Waals surface area contributed by atoms with Crippen molar-refractivity contribution < 1.29 is 76.5 Å². The van der Waals surface area contributed by atoms with Gasteiger partial charge < -0.3 is 76.5 Å². The highest BCUT2D eigenvalue weighted by Crippen LogP contribution is 2.39. The zero-order valence-electron chi connectivity index (χ0n) is 54.2. The maximum absolute atomic E-state index is 12.8. The van der Waals surface area contributed by atoms with Crippen LogP contribution in [0.1, 0.15) is 50.1 Å². The van der Waals surface area contributed by atoms with Crippen LogP contribution < -0.4 is 0 Å². The molecule has 0 aliphatic carbocycles. The van der Waals surface area contributed by atoms with E-state index in [4.69, 9.17) is 66.3 Å². The SMILES string of the molecule is O[C@H]1[C@H](OCc2ccccc2)[C@@H](OCc2ccccc2)[C@H](O[C@H]2[C@@H](OCc3ccccc3)[C@@H](COCc3ccccc3)O[C@@H](O[C@H]3[C@H](OCc4ccccc4)[C@@H](OCc4ccccc4)[C@H](O)O[C@@H]3COCc3ccccc3)[C@@H]2OCc2ccccc2)O[C@@H]1COCc1ccccc1. The molecule has 9 aromatic rings. The van der Waals surface area contributed by atoms with Crippen LogP contribution in [0.25, 0.3) is 0 Å². The Bertz CT molecular complexity index is 3600. The van der Waals surface area contributed by atoms with Crippen LogP contribution >= 0.6 is 0 Å². The van der Waals surface area contributed by atoms with Crippen molar-refractivity contribution >= 4 is 0 Å². The topological polar surface area (TPSA) is 170 Å². The molecule has 0 unspecified atom stereocenters. The molecular weight excluding hydrogens is 1230 g/mol. The number of benzene rings is 9. The van der Waals surface area contributed by atoms with E-state index in [-0.39, 0.29) is 79.3 Å². The fourth-order valence-corrected chi connectivity index (χ4v) is 12.2. The third-order valence-electron chi connectivity index (χ3n) is 17.3. The van der Waals surface area contributed by atoms with Gasteiger partial charge in [0.15, 0.2) is 18.9 Å². The molecule has 16 heteroatoms. The summed E-state index contributed by atoms with van der Waals surface area (Å²) in [4.78, 5) is 0. The Kier molecular flexibility index (Phi) is 26.3. The lowest BCUT2D eigenvalue weighted by molar-refractivity contribution is -0.394. The van der Waals surface area contributed by atoms with Crippen molar-refractivity contribution in [3.8, 4) is 0 Å². The van der Waals surface area contributed by atoms with Crippen LogP contribution in [0.4, 0.5) is 0 Å². The minimum Gasteiger partial charge on any atom is -0.387 e. The largest absolute Gasteiger partial charge is 0.387 e. The lowest BCUT2D eigenvalue weighted by Gasteiger charge is -2.51. The molecule has 97 heavy (non-hydrogen) atoms. The summed E-state index contributed by atoms with van der Waals surface area (Å²) in [6, 6.07) is 88.3. The second kappa shape index (κ2) is 36.8. The summed E-state index contributed by atoms with van der Waals surface area (Å²) in [6.07, 6.45) is -17.3. The quantitative estimate of drug-likeness (QED) is 0.0390. The van der Waals surface area contributed by atoms with Crippen LogP contribution in [0.3, 0.4) is 0 Å². The standard InChI is InChI=1S/C81H86O16/c82-70-67(55-84-46-58-28-10-1-11-29-58)94-80(77(91-53-65-42-24-8-25-43-65)73(70)88-50-62-36-18-5-19-37-62)97-75-71(87-49-61-34-16-4-17-35-61)68(56-85-47-59-30-12-2-13-31-59)95-81(78(75)92-54-66-44-26-9-27-45-66)96-72-69(57-86-48-60-32-14-3-15-33-60)93-79(83)76(90-52-64-40-22-7-23-41-64)74(72)89-51-63-38-20-6-21-39-63/h1-45,67-83H,46-57H2/t67-,68-,69-,70-,71+,72-,73+,74+,75+,76-,77-,78-,79-,80+,81+/m1/s1. The molecule has 0 aromatic heterocycles. The number of aliphatic hydroxyl groups is 2. The van der Waals surface area contributed by atoms with E-state index in [0.29, 0.717) is 0 Å². The van der Waals surface area contributed by atoms with Crippen molar-refractivity contribution in [2.75, 3.05) is 19.8 Å². The van der Waals surface area contributed by atoms with Gasteiger partial charge >= 0.3 is 0 Å². The molecular formula is C81H86O16. The van der Waals surface area contributed by atoms with Crippen molar-refractivity contribution in [2.45, 2.75) is 152 Å². The molecule has 12 rings (SSSR count). The van der Waals surface area contributed by atoms with Crippen LogP contribution in [-0.4, -0.2) is 122 Å². The molecule has 2 N–H and O–H groups in total. The van der Waals surface area contributed by atoms with Gasteiger partial charge in [-0.25, -0.2) is 0 Å². The van der Waals surface area contributed by atoms with Crippen LogP contribution in [0.5, 0.6) is 0 Å². The molecule has 3 aliphatic heterocycles. The zero-order chi connectivity index (χ0) is 66.1. The normalized spacial score (nSPS) is 25.7. The second-order valence-electron chi connectivity index (χ2n) is 24.4. The van der Waals surface area contributed by atoms with Crippen molar-refractivity contribution in [3.63, 3.8) is 0 Å². The van der Waals surface area contributed by atoms with Crippen LogP contribution in [0, 0.1) is 0 Å². The number of hydrogen-bond donors (Lipinski definition) is 2. The molecule has 0 bridgehead atoms. The molecule has 9 aromatic carbocycles. The van der Waals surface area contributed by atoms with Crippen molar-refractivity contribution in [1.29, 1.82) is 0 Å². The summed E-state index contributed by atoms with van der Waals surface area (Å²) in [5.41, 5.74) is 8.03. The molecule has 506 valence electrons. The Morgan fingerprint density at radius 1 is 0.227 bits per heavy atom. The van der Waals surface area contributed by atoms with Crippen LogP contribution in [-0.2, 0) is 126 Å². The fraction of sp³-hybridized carbons (Fsp3) is 0.333. The van der Waals surface area contributed by atoms with Crippen LogP contribution in [0.2, 0.25) is 0 Å². The Balaban J connectivity index is 0.976. The Morgan fingerprint density at radius 3 is 0.825 bits per heavy atom. The van der Waals surface area contributed by atoms with E-state index < -0.39 is 92.1 Å². The minimum atomic E-state index is -1.51. The van der Waals surface area contributed by atoms with E-state index in [0.717, 1.165) is 50.1 Å². The highest BCUT2D eigenvalue weighted by atomic mass is 16.8. The molecule has 16 nitrogen and oxygen atoms in total. The first-order valence-electron chi connectivity index (χ1n) is 33.4. The van der Waals surface area contributed by atoms with Gasteiger partial charge in [-0.05, 0) is 50.1 Å². The highest BCUT2D eigenvalue weighted by Gasteiger charge is 2.57. The van der Waals surface area contributed by atoms with Gasteiger partial charge in [0, 0.05) is 0 Å². The van der Waals surface area contributed by atoms with Gasteiger partial charge in [-0.15, -0.1) is 0 Å². The summed E-state index contributed by atoms with van der Waals surface area (Å²) in [7, 11) is 0. The third kappa shape index (κ3) is 20.2. The van der Waals surface area contributed by atoms with E-state index >= 15 is 0 Å².